The molecule has 0 unspecified atom stereocenters. The molecule has 4 aromatic rings. The fraction of sp³-hybridized carbons (Fsp3) is 0.185. The van der Waals surface area contributed by atoms with Crippen LogP contribution in [0.4, 0.5) is 5.69 Å². The van der Waals surface area contributed by atoms with Crippen molar-refractivity contribution >= 4 is 40.3 Å². The highest BCUT2D eigenvalue weighted by molar-refractivity contribution is 6.30. The molecule has 1 aromatic heterocycles. The molecule has 1 amide bonds. The van der Waals surface area contributed by atoms with Gasteiger partial charge in [0.25, 0.3) is 5.91 Å². The number of carbonyl (C=O) groups is 1. The lowest BCUT2D eigenvalue weighted by atomic mass is 10.2. The molecular weight excluding hydrogens is 432 g/mol. The van der Waals surface area contributed by atoms with Gasteiger partial charge in [0.15, 0.2) is 0 Å². The molecule has 0 spiro atoms. The van der Waals surface area contributed by atoms with Gasteiger partial charge in [-0.15, -0.1) is 0 Å². The number of carbonyl (C=O) groups excluding carboxylic acids is 1. The third-order valence-electron chi connectivity index (χ3n) is 6.06. The Bertz CT molecular complexity index is 1290. The van der Waals surface area contributed by atoms with Gasteiger partial charge in [0, 0.05) is 58.6 Å². The Labute approximate surface area is 198 Å². The van der Waals surface area contributed by atoms with E-state index in [9.17, 15) is 4.79 Å². The quantitative estimate of drug-likeness (QED) is 0.298. The summed E-state index contributed by atoms with van der Waals surface area (Å²) >= 11 is 6.02. The lowest BCUT2D eigenvalue weighted by Crippen LogP contribution is -2.19. The molecule has 0 bridgehead atoms. The number of para-hydroxylation sites is 1. The number of anilines is 1. The van der Waals surface area contributed by atoms with Gasteiger partial charge in [0.05, 0.1) is 6.21 Å². The van der Waals surface area contributed by atoms with Gasteiger partial charge in [-0.25, -0.2) is 5.43 Å². The fourth-order valence-electron chi connectivity index (χ4n) is 4.32. The topological polar surface area (TPSA) is 49.6 Å². The molecule has 166 valence electrons. The summed E-state index contributed by atoms with van der Waals surface area (Å²) in [6, 6.07) is 23.8. The van der Waals surface area contributed by atoms with Crippen molar-refractivity contribution in [2.75, 3.05) is 18.0 Å². The molecule has 1 aliphatic rings. The number of halogens is 1. The number of benzene rings is 3. The van der Waals surface area contributed by atoms with Gasteiger partial charge >= 0.3 is 0 Å². The number of amides is 1. The summed E-state index contributed by atoms with van der Waals surface area (Å²) in [6.45, 7) is 2.89. The van der Waals surface area contributed by atoms with Crippen LogP contribution in [-0.2, 0) is 6.54 Å². The van der Waals surface area contributed by atoms with E-state index in [4.69, 9.17) is 11.6 Å². The lowest BCUT2D eigenvalue weighted by molar-refractivity contribution is 0.0955. The van der Waals surface area contributed by atoms with E-state index in [1.165, 1.54) is 18.5 Å². The van der Waals surface area contributed by atoms with E-state index in [1.54, 1.807) is 6.21 Å². The SMILES string of the molecule is O=C(N/N=C\c1cn(Cc2ccc(Cl)cc2)c2ccccc12)c1ccc(N2CCCC2)cc1. The number of nitrogens with zero attached hydrogens (tertiary/aromatic N) is 3. The predicted molar refractivity (Wildman–Crippen MR) is 135 cm³/mol. The Kier molecular flexibility index (Phi) is 6.13. The minimum absolute atomic E-state index is 0.218. The van der Waals surface area contributed by atoms with Gasteiger partial charge in [-0.3, -0.25) is 4.79 Å². The van der Waals surface area contributed by atoms with Crippen LogP contribution in [0.25, 0.3) is 10.9 Å². The minimum Gasteiger partial charge on any atom is -0.372 e. The van der Waals surface area contributed by atoms with Crippen molar-refractivity contribution in [3.63, 3.8) is 0 Å². The monoisotopic (exact) mass is 456 g/mol. The van der Waals surface area contributed by atoms with Crippen LogP contribution in [0.15, 0.2) is 84.1 Å². The molecule has 2 heterocycles. The van der Waals surface area contributed by atoms with E-state index < -0.39 is 0 Å². The molecule has 0 atom stereocenters. The summed E-state index contributed by atoms with van der Waals surface area (Å²) in [5.41, 5.74) is 7.64. The van der Waals surface area contributed by atoms with Crippen molar-refractivity contribution in [1.82, 2.24) is 9.99 Å². The third kappa shape index (κ3) is 4.78. The number of hydrazone groups is 1. The van der Waals surface area contributed by atoms with E-state index in [1.807, 2.05) is 60.7 Å². The number of hydrogen-bond donors (Lipinski definition) is 1. The van der Waals surface area contributed by atoms with Crippen molar-refractivity contribution in [3.05, 3.63) is 101 Å². The maximum absolute atomic E-state index is 12.6. The number of aromatic nitrogens is 1. The molecule has 1 saturated heterocycles. The van der Waals surface area contributed by atoms with E-state index in [2.05, 4.69) is 38.3 Å². The molecule has 1 aliphatic heterocycles. The molecule has 3 aromatic carbocycles. The van der Waals surface area contributed by atoms with Crippen LogP contribution >= 0.6 is 11.6 Å². The summed E-state index contributed by atoms with van der Waals surface area (Å²) in [7, 11) is 0. The van der Waals surface area contributed by atoms with E-state index in [0.29, 0.717) is 5.56 Å². The first-order valence-electron chi connectivity index (χ1n) is 11.2. The van der Waals surface area contributed by atoms with Crippen LogP contribution in [0.3, 0.4) is 0 Å². The van der Waals surface area contributed by atoms with E-state index in [-0.39, 0.29) is 5.91 Å². The number of rotatable bonds is 6. The first kappa shape index (κ1) is 21.3. The Morgan fingerprint density at radius 1 is 0.970 bits per heavy atom. The molecule has 6 heteroatoms. The van der Waals surface area contributed by atoms with Crippen molar-refractivity contribution in [2.45, 2.75) is 19.4 Å². The zero-order valence-electron chi connectivity index (χ0n) is 18.2. The van der Waals surface area contributed by atoms with Crippen LogP contribution < -0.4 is 10.3 Å². The molecule has 1 N–H and O–H groups in total. The van der Waals surface area contributed by atoms with Crippen LogP contribution in [-0.4, -0.2) is 29.8 Å². The van der Waals surface area contributed by atoms with E-state index >= 15 is 0 Å². The third-order valence-corrected chi connectivity index (χ3v) is 6.31. The number of nitrogens with one attached hydrogen (secondary N) is 1. The summed E-state index contributed by atoms with van der Waals surface area (Å²) in [5, 5.41) is 6.04. The van der Waals surface area contributed by atoms with Crippen LogP contribution in [0.2, 0.25) is 5.02 Å². The second kappa shape index (κ2) is 9.51. The van der Waals surface area contributed by atoms with Crippen molar-refractivity contribution < 1.29 is 4.79 Å². The van der Waals surface area contributed by atoms with E-state index in [0.717, 1.165) is 46.7 Å². The zero-order valence-corrected chi connectivity index (χ0v) is 19.0. The van der Waals surface area contributed by atoms with Crippen molar-refractivity contribution in [2.24, 2.45) is 5.10 Å². The van der Waals surface area contributed by atoms with Crippen LogP contribution in [0.5, 0.6) is 0 Å². The van der Waals surface area contributed by atoms with Crippen molar-refractivity contribution in [1.29, 1.82) is 0 Å². The second-order valence-corrected chi connectivity index (χ2v) is 8.73. The normalized spacial score (nSPS) is 13.8. The average molecular weight is 457 g/mol. The zero-order chi connectivity index (χ0) is 22.6. The summed E-state index contributed by atoms with van der Waals surface area (Å²) in [4.78, 5) is 14.9. The average Bonchev–Trinajstić information content (AvgIpc) is 3.50. The molecule has 1 fully saturated rings. The number of fused-ring (bicyclic) bond motifs is 1. The van der Waals surface area contributed by atoms with Gasteiger partial charge in [-0.05, 0) is 60.9 Å². The van der Waals surface area contributed by atoms with Crippen LogP contribution in [0.1, 0.15) is 34.3 Å². The molecule has 33 heavy (non-hydrogen) atoms. The summed E-state index contributed by atoms with van der Waals surface area (Å²) in [6.07, 6.45) is 6.22. The smallest absolute Gasteiger partial charge is 0.271 e. The number of hydrogen-bond acceptors (Lipinski definition) is 3. The Morgan fingerprint density at radius 2 is 1.70 bits per heavy atom. The first-order chi connectivity index (χ1) is 16.2. The summed E-state index contributed by atoms with van der Waals surface area (Å²) < 4.78 is 2.18. The molecule has 0 aliphatic carbocycles. The molecule has 0 saturated carbocycles. The fourth-order valence-corrected chi connectivity index (χ4v) is 4.45. The Morgan fingerprint density at radius 3 is 2.45 bits per heavy atom. The largest absolute Gasteiger partial charge is 0.372 e. The van der Waals surface area contributed by atoms with Gasteiger partial charge < -0.3 is 9.47 Å². The Hall–Kier alpha value is -3.57. The van der Waals surface area contributed by atoms with Gasteiger partial charge in [0.2, 0.25) is 0 Å². The summed E-state index contributed by atoms with van der Waals surface area (Å²) in [5.74, 6) is -0.218. The maximum Gasteiger partial charge on any atom is 0.271 e. The minimum atomic E-state index is -0.218. The molecule has 5 nitrogen and oxygen atoms in total. The van der Waals surface area contributed by atoms with Crippen LogP contribution in [0, 0.1) is 0 Å². The Balaban J connectivity index is 1.30. The first-order valence-corrected chi connectivity index (χ1v) is 11.6. The van der Waals surface area contributed by atoms with Gasteiger partial charge in [0.1, 0.15) is 0 Å². The standard InChI is InChI=1S/C27H25ClN4O/c28-23-11-7-20(8-12-23)18-32-19-22(25-5-1-2-6-26(25)32)17-29-30-27(33)21-9-13-24(14-10-21)31-15-3-4-16-31/h1-2,5-14,17,19H,3-4,15-16,18H2,(H,30,33)/b29-17-. The highest BCUT2D eigenvalue weighted by atomic mass is 35.5. The van der Waals surface area contributed by atoms with Gasteiger partial charge in [-0.2, -0.15) is 5.10 Å². The molecule has 5 rings (SSSR count). The van der Waals surface area contributed by atoms with Gasteiger partial charge in [-0.1, -0.05) is 41.9 Å². The van der Waals surface area contributed by atoms with Crippen molar-refractivity contribution in [3.8, 4) is 0 Å². The predicted octanol–water partition coefficient (Wildman–Crippen LogP) is 5.71. The highest BCUT2D eigenvalue weighted by Crippen LogP contribution is 2.22. The molecule has 0 radical (unpaired) electrons. The molecular formula is C27H25ClN4O. The lowest BCUT2D eigenvalue weighted by Gasteiger charge is -2.17. The second-order valence-electron chi connectivity index (χ2n) is 8.30. The highest BCUT2D eigenvalue weighted by Gasteiger charge is 2.13. The maximum atomic E-state index is 12.6.